The fourth-order valence-corrected chi connectivity index (χ4v) is 4.53. The molecule has 1 aliphatic rings. The summed E-state index contributed by atoms with van der Waals surface area (Å²) in [5.74, 6) is -1.25. The van der Waals surface area contributed by atoms with E-state index in [2.05, 4.69) is 24.8 Å². The molecule has 0 aliphatic carbocycles. The molecule has 0 aromatic heterocycles. The molecule has 2 N–H and O–H groups in total. The third-order valence-corrected chi connectivity index (χ3v) is 6.54. The first kappa shape index (κ1) is 29.2. The molecule has 0 saturated carbocycles. The van der Waals surface area contributed by atoms with Gasteiger partial charge in [-0.3, -0.25) is 4.79 Å². The predicted octanol–water partition coefficient (Wildman–Crippen LogP) is 5.98. The first-order chi connectivity index (χ1) is 16.7. The van der Waals surface area contributed by atoms with Crippen molar-refractivity contribution in [1.82, 2.24) is 4.90 Å². The van der Waals surface area contributed by atoms with Crippen molar-refractivity contribution in [2.24, 2.45) is 0 Å². The molecule has 0 bridgehead atoms. The van der Waals surface area contributed by atoms with Gasteiger partial charge in [0.25, 0.3) is 0 Å². The molecule has 3 rings (SSSR count). The van der Waals surface area contributed by atoms with E-state index in [1.807, 2.05) is 19.1 Å². The molecule has 5 nitrogen and oxygen atoms in total. The van der Waals surface area contributed by atoms with Crippen molar-refractivity contribution in [3.8, 4) is 0 Å². The van der Waals surface area contributed by atoms with Gasteiger partial charge in [0.05, 0.1) is 18.8 Å². The molecule has 194 valence electrons. The average Bonchev–Trinajstić information content (AvgIpc) is 3.33. The first-order valence-electron chi connectivity index (χ1n) is 12.5. The molecule has 35 heavy (non-hydrogen) atoms. The number of β-amino-alcohol motifs (C(OH)–C–C–N with tert-alkyl or cyclic N) is 1. The lowest BCUT2D eigenvalue weighted by Gasteiger charge is -2.24. The standard InChI is InChI=1S/C19H28FNO4.C9H11Cl/c1-2-18(25-13-16(22)12-21-9-3-4-10-21)17-11-15(20)7-5-14(17)6-8-19(23)24;1-3-8-6-7(2)4-5-9(8)10/h5,7,11,16,18,22H,2-4,6,8-10,12-13H2,1H3,(H,23,24);4-6H,3H2,1-2H3. The van der Waals surface area contributed by atoms with Crippen LogP contribution >= 0.6 is 11.6 Å². The largest absolute Gasteiger partial charge is 0.481 e. The van der Waals surface area contributed by atoms with Gasteiger partial charge < -0.3 is 19.8 Å². The molecule has 2 unspecified atom stereocenters. The number of aryl methyl sites for hydroxylation is 3. The monoisotopic (exact) mass is 507 g/mol. The Morgan fingerprint density at radius 1 is 1.14 bits per heavy atom. The van der Waals surface area contributed by atoms with Crippen LogP contribution in [-0.2, 0) is 22.4 Å². The van der Waals surface area contributed by atoms with E-state index >= 15 is 0 Å². The quantitative estimate of drug-likeness (QED) is 0.391. The Hall–Kier alpha value is -1.99. The number of nitrogens with zero attached hydrogens (tertiary/aromatic N) is 1. The molecule has 1 heterocycles. The van der Waals surface area contributed by atoms with Crippen molar-refractivity contribution in [2.45, 2.75) is 71.5 Å². The van der Waals surface area contributed by atoms with Crippen LogP contribution in [0.15, 0.2) is 36.4 Å². The SMILES string of the molecule is CCC(OCC(O)CN1CCCC1)c1cc(F)ccc1CCC(=O)O.CCc1cc(C)ccc1Cl. The average molecular weight is 508 g/mol. The van der Waals surface area contributed by atoms with Gasteiger partial charge in [0, 0.05) is 18.0 Å². The van der Waals surface area contributed by atoms with E-state index in [1.54, 1.807) is 6.07 Å². The Bertz CT molecular complexity index is 933. The Morgan fingerprint density at radius 2 is 1.86 bits per heavy atom. The number of carbonyl (C=O) groups is 1. The van der Waals surface area contributed by atoms with E-state index in [-0.39, 0.29) is 24.9 Å². The van der Waals surface area contributed by atoms with Gasteiger partial charge in [-0.15, -0.1) is 0 Å². The molecule has 2 aromatic rings. The maximum absolute atomic E-state index is 13.7. The molecule has 7 heteroatoms. The summed E-state index contributed by atoms with van der Waals surface area (Å²) in [6.45, 7) is 8.92. The van der Waals surface area contributed by atoms with Crippen molar-refractivity contribution < 1.29 is 24.1 Å². The summed E-state index contributed by atoms with van der Waals surface area (Å²) in [7, 11) is 0. The van der Waals surface area contributed by atoms with Crippen molar-refractivity contribution >= 4 is 17.6 Å². The lowest BCUT2D eigenvalue weighted by molar-refractivity contribution is -0.136. The molecule has 1 fully saturated rings. The molecule has 0 amide bonds. The minimum Gasteiger partial charge on any atom is -0.481 e. The molecular weight excluding hydrogens is 469 g/mol. The summed E-state index contributed by atoms with van der Waals surface area (Å²) in [6, 6.07) is 10.5. The second-order valence-electron chi connectivity index (χ2n) is 9.08. The lowest BCUT2D eigenvalue weighted by atomic mass is 9.97. The minimum absolute atomic E-state index is 0.00729. The topological polar surface area (TPSA) is 70.0 Å². The number of ether oxygens (including phenoxy) is 1. The summed E-state index contributed by atoms with van der Waals surface area (Å²) in [4.78, 5) is 13.0. The van der Waals surface area contributed by atoms with Crippen LogP contribution in [0.1, 0.15) is 67.9 Å². The van der Waals surface area contributed by atoms with Gasteiger partial charge in [-0.05, 0) is 87.0 Å². The third-order valence-electron chi connectivity index (χ3n) is 6.17. The first-order valence-corrected chi connectivity index (χ1v) is 12.9. The number of halogens is 2. The summed E-state index contributed by atoms with van der Waals surface area (Å²) < 4.78 is 19.5. The molecule has 2 atom stereocenters. The highest BCUT2D eigenvalue weighted by Gasteiger charge is 2.20. The Balaban J connectivity index is 0.000000360. The van der Waals surface area contributed by atoms with Crippen molar-refractivity contribution in [2.75, 3.05) is 26.2 Å². The van der Waals surface area contributed by atoms with Crippen LogP contribution in [0.3, 0.4) is 0 Å². The van der Waals surface area contributed by atoms with Gasteiger partial charge in [0.15, 0.2) is 0 Å². The van der Waals surface area contributed by atoms with Crippen LogP contribution in [0.4, 0.5) is 4.39 Å². The lowest BCUT2D eigenvalue weighted by Crippen LogP contribution is -2.33. The number of aliphatic hydroxyl groups excluding tert-OH is 1. The molecule has 1 aliphatic heterocycles. The van der Waals surface area contributed by atoms with Gasteiger partial charge in [-0.1, -0.05) is 49.2 Å². The summed E-state index contributed by atoms with van der Waals surface area (Å²) in [6.07, 6.45) is 3.37. The number of likely N-dealkylation sites (tertiary alicyclic amines) is 1. The van der Waals surface area contributed by atoms with E-state index in [1.165, 1.54) is 36.1 Å². The maximum Gasteiger partial charge on any atom is 0.303 e. The van der Waals surface area contributed by atoms with Gasteiger partial charge in [-0.25, -0.2) is 4.39 Å². The summed E-state index contributed by atoms with van der Waals surface area (Å²) in [5.41, 5.74) is 3.98. The number of hydrogen-bond acceptors (Lipinski definition) is 4. The van der Waals surface area contributed by atoms with E-state index in [0.29, 0.717) is 24.9 Å². The Labute approximate surface area is 213 Å². The van der Waals surface area contributed by atoms with Crippen LogP contribution in [-0.4, -0.2) is 53.4 Å². The highest BCUT2D eigenvalue weighted by molar-refractivity contribution is 6.31. The molecule has 0 radical (unpaired) electrons. The summed E-state index contributed by atoms with van der Waals surface area (Å²) >= 11 is 5.90. The van der Waals surface area contributed by atoms with Crippen LogP contribution < -0.4 is 0 Å². The van der Waals surface area contributed by atoms with Crippen LogP contribution in [0.2, 0.25) is 5.02 Å². The number of hydrogen-bond donors (Lipinski definition) is 2. The van der Waals surface area contributed by atoms with Gasteiger partial charge in [-0.2, -0.15) is 0 Å². The van der Waals surface area contributed by atoms with Crippen molar-refractivity contribution in [3.05, 3.63) is 69.5 Å². The van der Waals surface area contributed by atoms with E-state index in [0.717, 1.165) is 30.1 Å². The minimum atomic E-state index is -0.884. The van der Waals surface area contributed by atoms with E-state index in [9.17, 15) is 14.3 Å². The zero-order valence-corrected chi connectivity index (χ0v) is 21.9. The zero-order chi connectivity index (χ0) is 25.8. The second-order valence-corrected chi connectivity index (χ2v) is 9.48. The third kappa shape index (κ3) is 10.3. The normalized spacial score (nSPS) is 15.4. The van der Waals surface area contributed by atoms with Crippen LogP contribution in [0.25, 0.3) is 0 Å². The van der Waals surface area contributed by atoms with E-state index in [4.69, 9.17) is 21.4 Å². The molecular formula is C28H39ClFNO4. The second kappa shape index (κ2) is 15.2. The smallest absolute Gasteiger partial charge is 0.303 e. The van der Waals surface area contributed by atoms with Crippen molar-refractivity contribution in [3.63, 3.8) is 0 Å². The highest BCUT2D eigenvalue weighted by Crippen LogP contribution is 2.27. The molecule has 2 aromatic carbocycles. The number of aliphatic hydroxyl groups is 1. The highest BCUT2D eigenvalue weighted by atomic mass is 35.5. The summed E-state index contributed by atoms with van der Waals surface area (Å²) in [5, 5.41) is 19.9. The Morgan fingerprint density at radius 3 is 2.46 bits per heavy atom. The van der Waals surface area contributed by atoms with Crippen LogP contribution in [0.5, 0.6) is 0 Å². The number of rotatable bonds is 11. The van der Waals surface area contributed by atoms with Crippen molar-refractivity contribution in [1.29, 1.82) is 0 Å². The fraction of sp³-hybridized carbons (Fsp3) is 0.536. The number of carboxylic acid groups (broad SMARTS) is 1. The maximum atomic E-state index is 13.7. The van der Waals surface area contributed by atoms with Crippen LogP contribution in [0, 0.1) is 12.7 Å². The number of benzene rings is 2. The number of aliphatic carboxylic acids is 1. The predicted molar refractivity (Wildman–Crippen MR) is 139 cm³/mol. The van der Waals surface area contributed by atoms with Gasteiger partial charge >= 0.3 is 5.97 Å². The number of carboxylic acids is 1. The van der Waals surface area contributed by atoms with E-state index < -0.39 is 12.1 Å². The molecule has 1 saturated heterocycles. The fourth-order valence-electron chi connectivity index (χ4n) is 4.28. The van der Waals surface area contributed by atoms with Gasteiger partial charge in [0.1, 0.15) is 5.82 Å². The zero-order valence-electron chi connectivity index (χ0n) is 21.1. The van der Waals surface area contributed by atoms with Gasteiger partial charge in [0.2, 0.25) is 0 Å². The Kier molecular flexibility index (Phi) is 12.7. The molecule has 0 spiro atoms.